The van der Waals surface area contributed by atoms with Crippen molar-refractivity contribution in [3.05, 3.63) is 22.9 Å². The maximum Gasteiger partial charge on any atom is 0.348 e. The van der Waals surface area contributed by atoms with Crippen LogP contribution in [-0.4, -0.2) is 40.3 Å². The Morgan fingerprint density at radius 3 is 3.00 bits per heavy atom. The highest BCUT2D eigenvalue weighted by molar-refractivity contribution is 7.89. The topological polar surface area (TPSA) is 135 Å². The van der Waals surface area contributed by atoms with Gasteiger partial charge in [0.2, 0.25) is 10.0 Å². The molecule has 0 saturated heterocycles. The van der Waals surface area contributed by atoms with Gasteiger partial charge in [0.25, 0.3) is 0 Å². The number of H-pyrrole nitrogens is 1. The Morgan fingerprint density at radius 1 is 1.53 bits per heavy atom. The fourth-order valence-electron chi connectivity index (χ4n) is 1.23. The molecule has 0 aromatic carbocycles. The number of aromatic nitrogens is 4. The highest BCUT2D eigenvalue weighted by atomic mass is 32.2. The van der Waals surface area contributed by atoms with Crippen molar-refractivity contribution in [2.75, 3.05) is 17.6 Å². The van der Waals surface area contributed by atoms with Crippen LogP contribution in [-0.2, 0) is 10.0 Å². The maximum absolute atomic E-state index is 11.1. The van der Waals surface area contributed by atoms with Crippen LogP contribution in [0.2, 0.25) is 0 Å². The number of aromatic amines is 1. The summed E-state index contributed by atoms with van der Waals surface area (Å²) in [4.78, 5) is 15.0. The molecule has 0 aliphatic carbocycles. The summed E-state index contributed by atoms with van der Waals surface area (Å²) >= 11 is 0. The van der Waals surface area contributed by atoms with E-state index in [-0.39, 0.29) is 18.0 Å². The van der Waals surface area contributed by atoms with Crippen LogP contribution in [0.3, 0.4) is 0 Å². The average molecular weight is 258 g/mol. The predicted molar refractivity (Wildman–Crippen MR) is 60.1 cm³/mol. The van der Waals surface area contributed by atoms with E-state index in [0.29, 0.717) is 11.5 Å². The molecule has 0 saturated carbocycles. The van der Waals surface area contributed by atoms with E-state index < -0.39 is 10.0 Å². The Hall–Kier alpha value is -1.94. The molecule has 0 unspecified atom stereocenters. The van der Waals surface area contributed by atoms with E-state index >= 15 is 0 Å². The number of primary sulfonamides is 1. The first-order chi connectivity index (χ1) is 7.96. The van der Waals surface area contributed by atoms with Gasteiger partial charge in [0, 0.05) is 12.6 Å². The van der Waals surface area contributed by atoms with Gasteiger partial charge in [-0.15, -0.1) is 0 Å². The summed E-state index contributed by atoms with van der Waals surface area (Å²) in [6.45, 7) is 0.136. The van der Waals surface area contributed by atoms with Crippen LogP contribution >= 0.6 is 0 Å². The van der Waals surface area contributed by atoms with E-state index in [1.165, 1.54) is 16.8 Å². The molecular formula is C7H10N6O3S. The number of nitrogens with two attached hydrogens (primary N) is 1. The van der Waals surface area contributed by atoms with E-state index in [1.807, 2.05) is 0 Å². The van der Waals surface area contributed by atoms with Gasteiger partial charge in [0.05, 0.1) is 5.75 Å². The molecule has 2 aromatic rings. The van der Waals surface area contributed by atoms with Crippen molar-refractivity contribution in [2.24, 2.45) is 5.14 Å². The van der Waals surface area contributed by atoms with Gasteiger partial charge >= 0.3 is 5.69 Å². The molecule has 4 N–H and O–H groups in total. The van der Waals surface area contributed by atoms with E-state index in [9.17, 15) is 13.2 Å². The van der Waals surface area contributed by atoms with Gasteiger partial charge in [-0.2, -0.15) is 5.10 Å². The average Bonchev–Trinajstić information content (AvgIpc) is 2.58. The third kappa shape index (κ3) is 2.79. The smallest absolute Gasteiger partial charge is 0.348 e. The summed E-state index contributed by atoms with van der Waals surface area (Å²) in [5.41, 5.74) is 0.00620. The lowest BCUT2D eigenvalue weighted by Crippen LogP contribution is -2.22. The molecule has 10 heteroatoms. The Morgan fingerprint density at radius 2 is 2.29 bits per heavy atom. The van der Waals surface area contributed by atoms with Crippen molar-refractivity contribution in [2.45, 2.75) is 0 Å². The lowest BCUT2D eigenvalue weighted by atomic mass is 10.5. The zero-order valence-electron chi connectivity index (χ0n) is 8.62. The van der Waals surface area contributed by atoms with Gasteiger partial charge in [-0.3, -0.25) is 0 Å². The molecule has 17 heavy (non-hydrogen) atoms. The number of hydrogen-bond donors (Lipinski definition) is 3. The van der Waals surface area contributed by atoms with Crippen molar-refractivity contribution in [3.63, 3.8) is 0 Å². The first kappa shape index (κ1) is 11.5. The van der Waals surface area contributed by atoms with E-state index in [0.717, 1.165) is 0 Å². The van der Waals surface area contributed by atoms with Gasteiger partial charge in [-0.25, -0.2) is 32.8 Å². The van der Waals surface area contributed by atoms with E-state index in [2.05, 4.69) is 20.5 Å². The van der Waals surface area contributed by atoms with Crippen molar-refractivity contribution >= 4 is 21.5 Å². The van der Waals surface area contributed by atoms with Crippen LogP contribution in [0.15, 0.2) is 17.2 Å². The zero-order chi connectivity index (χ0) is 12.5. The lowest BCUT2D eigenvalue weighted by molar-refractivity contribution is 0.598. The molecule has 2 aromatic heterocycles. The van der Waals surface area contributed by atoms with Crippen molar-refractivity contribution in [3.8, 4) is 0 Å². The zero-order valence-corrected chi connectivity index (χ0v) is 9.44. The van der Waals surface area contributed by atoms with Crippen molar-refractivity contribution in [1.29, 1.82) is 0 Å². The monoisotopic (exact) mass is 258 g/mol. The summed E-state index contributed by atoms with van der Waals surface area (Å²) in [7, 11) is -3.50. The van der Waals surface area contributed by atoms with Crippen molar-refractivity contribution < 1.29 is 8.42 Å². The predicted octanol–water partition coefficient (Wildman–Crippen LogP) is -1.88. The number of nitrogens with zero attached hydrogens (tertiary/aromatic N) is 3. The number of sulfonamides is 1. The third-order valence-electron chi connectivity index (χ3n) is 2.00. The molecule has 0 fully saturated rings. The normalized spacial score (nSPS) is 11.8. The van der Waals surface area contributed by atoms with Crippen LogP contribution in [0, 0.1) is 0 Å². The molecule has 0 atom stereocenters. The lowest BCUT2D eigenvalue weighted by Gasteiger charge is -2.03. The number of hydrogen-bond acceptors (Lipinski definition) is 6. The molecule has 0 aliphatic heterocycles. The number of rotatable bonds is 4. The van der Waals surface area contributed by atoms with Crippen LogP contribution < -0.4 is 16.1 Å². The number of anilines is 1. The highest BCUT2D eigenvalue weighted by Gasteiger charge is 2.04. The molecule has 0 bridgehead atoms. The van der Waals surface area contributed by atoms with E-state index in [4.69, 9.17) is 5.14 Å². The second-order valence-corrected chi connectivity index (χ2v) is 5.06. The van der Waals surface area contributed by atoms with Crippen LogP contribution in [0.4, 0.5) is 5.82 Å². The third-order valence-corrected chi connectivity index (χ3v) is 2.78. The minimum atomic E-state index is -3.50. The SMILES string of the molecule is NS(=O)(=O)CCNc1cc2n[nH]c(=O)n2cn1. The van der Waals surface area contributed by atoms with Crippen LogP contribution in [0.1, 0.15) is 0 Å². The number of nitrogens with one attached hydrogen (secondary N) is 2. The first-order valence-electron chi connectivity index (χ1n) is 4.63. The molecule has 0 aliphatic rings. The van der Waals surface area contributed by atoms with E-state index in [1.54, 1.807) is 0 Å². The molecule has 2 rings (SSSR count). The second kappa shape index (κ2) is 4.14. The molecule has 0 radical (unpaired) electrons. The minimum Gasteiger partial charge on any atom is -0.369 e. The molecule has 9 nitrogen and oxygen atoms in total. The standard InChI is InChI=1S/C7H10N6O3S/c8-17(15,16)2-1-9-5-3-6-11-12-7(14)13(6)4-10-5/h3-4,9H,1-2H2,(H,12,14)(H2,8,15,16). The van der Waals surface area contributed by atoms with Crippen molar-refractivity contribution in [1.82, 2.24) is 19.6 Å². The van der Waals surface area contributed by atoms with Gasteiger partial charge < -0.3 is 5.32 Å². The van der Waals surface area contributed by atoms with Gasteiger partial charge in [-0.05, 0) is 0 Å². The fourth-order valence-corrected chi connectivity index (χ4v) is 1.61. The van der Waals surface area contributed by atoms with Gasteiger partial charge in [0.1, 0.15) is 12.1 Å². The molecular weight excluding hydrogens is 248 g/mol. The summed E-state index contributed by atoms with van der Waals surface area (Å²) in [5.74, 6) is 0.216. The maximum atomic E-state index is 11.1. The van der Waals surface area contributed by atoms with Gasteiger partial charge in [0.15, 0.2) is 5.65 Å². The largest absolute Gasteiger partial charge is 0.369 e. The Labute approximate surface area is 95.7 Å². The van der Waals surface area contributed by atoms with Crippen LogP contribution in [0.25, 0.3) is 5.65 Å². The highest BCUT2D eigenvalue weighted by Crippen LogP contribution is 2.03. The summed E-state index contributed by atoms with van der Waals surface area (Å²) in [6, 6.07) is 1.51. The quantitative estimate of drug-likeness (QED) is 0.587. The van der Waals surface area contributed by atoms with Crippen LogP contribution in [0.5, 0.6) is 0 Å². The molecule has 0 amide bonds. The summed E-state index contributed by atoms with van der Waals surface area (Å²) in [6.07, 6.45) is 1.29. The number of fused-ring (bicyclic) bond motifs is 1. The van der Waals surface area contributed by atoms with Gasteiger partial charge in [-0.1, -0.05) is 0 Å². The molecule has 2 heterocycles. The molecule has 92 valence electrons. The summed E-state index contributed by atoms with van der Waals surface area (Å²) < 4.78 is 22.6. The summed E-state index contributed by atoms with van der Waals surface area (Å²) in [5, 5.41) is 13.6. The Kier molecular flexibility index (Phi) is 2.81. The molecule has 0 spiro atoms. The first-order valence-corrected chi connectivity index (χ1v) is 6.34. The Balaban J connectivity index is 2.12. The minimum absolute atomic E-state index is 0.136. The second-order valence-electron chi connectivity index (χ2n) is 3.32. The Bertz CT molecular complexity index is 687. The fraction of sp³-hybridized carbons (Fsp3) is 0.286.